The number of aryl methyl sites for hydroxylation is 1. The molecule has 0 aliphatic carbocycles. The predicted octanol–water partition coefficient (Wildman–Crippen LogP) is 5.03. The van der Waals surface area contributed by atoms with Crippen LogP contribution in [0.3, 0.4) is 0 Å². The summed E-state index contributed by atoms with van der Waals surface area (Å²) in [6, 6.07) is 9.05. The Balaban J connectivity index is 1.88. The Morgan fingerprint density at radius 2 is 1.85 bits per heavy atom. The molecule has 5 nitrogen and oxygen atoms in total. The quantitative estimate of drug-likeness (QED) is 0.642. The second-order valence-electron chi connectivity index (χ2n) is 5.74. The summed E-state index contributed by atoms with van der Waals surface area (Å²) in [5.74, 6) is -0.0269. The molecule has 0 radical (unpaired) electrons. The van der Waals surface area contributed by atoms with E-state index in [1.54, 1.807) is 31.2 Å². The van der Waals surface area contributed by atoms with Crippen molar-refractivity contribution in [1.29, 1.82) is 0 Å². The molecule has 1 heterocycles. The Morgan fingerprint density at radius 1 is 1.22 bits per heavy atom. The average molecular weight is 409 g/mol. The van der Waals surface area contributed by atoms with Gasteiger partial charge in [0.2, 0.25) is 0 Å². The Labute approximate surface area is 165 Å². The molecule has 27 heavy (non-hydrogen) atoms. The molecule has 0 aliphatic heterocycles. The van der Waals surface area contributed by atoms with Gasteiger partial charge in [-0.05, 0) is 36.8 Å². The highest BCUT2D eigenvalue weighted by Crippen LogP contribution is 2.38. The summed E-state index contributed by atoms with van der Waals surface area (Å²) in [5.41, 5.74) is 1.87. The molecule has 3 aromatic rings. The van der Waals surface area contributed by atoms with Crippen molar-refractivity contribution >= 4 is 29.1 Å². The van der Waals surface area contributed by atoms with Gasteiger partial charge < -0.3 is 14.6 Å². The molecular weight excluding hydrogens is 394 g/mol. The number of aromatic nitrogens is 1. The van der Waals surface area contributed by atoms with Crippen LogP contribution in [0.5, 0.6) is 5.75 Å². The maximum absolute atomic E-state index is 13.0. The second-order valence-corrected chi connectivity index (χ2v) is 6.56. The number of carbonyl (C=O) groups excluding carboxylic acids is 1. The lowest BCUT2D eigenvalue weighted by Crippen LogP contribution is -2.23. The van der Waals surface area contributed by atoms with Crippen LogP contribution in [0, 0.1) is 12.7 Å². The number of halogens is 3. The fraction of sp³-hybridized carbons (Fsp3) is 0.158. The van der Waals surface area contributed by atoms with Gasteiger partial charge in [-0.25, -0.2) is 4.39 Å². The Bertz CT molecular complexity index is 964. The van der Waals surface area contributed by atoms with Gasteiger partial charge in [-0.2, -0.15) is 0 Å². The molecule has 0 saturated carbocycles. The molecule has 3 rings (SSSR count). The monoisotopic (exact) mass is 408 g/mol. The third-order valence-electron chi connectivity index (χ3n) is 3.93. The minimum absolute atomic E-state index is 0.229. The van der Waals surface area contributed by atoms with Gasteiger partial charge in [-0.15, -0.1) is 0 Å². The molecule has 0 aliphatic rings. The number of nitrogens with zero attached hydrogens (tertiary/aromatic N) is 1. The highest BCUT2D eigenvalue weighted by atomic mass is 35.5. The van der Waals surface area contributed by atoms with Crippen LogP contribution in [0.1, 0.15) is 21.7 Å². The number of hydrogen-bond acceptors (Lipinski definition) is 4. The van der Waals surface area contributed by atoms with Crippen LogP contribution in [0.15, 0.2) is 40.9 Å². The number of carbonyl (C=O) groups is 1. The standard InChI is InChI=1S/C19H15Cl2FN2O3/c1-10-16(19(25)23-9-11-3-5-13(22)6-4-11)17(24-27-10)12-7-14(20)18(26-2)15(21)8-12/h3-8H,9H2,1-2H3,(H,23,25). The van der Waals surface area contributed by atoms with E-state index in [4.69, 9.17) is 32.5 Å². The third-order valence-corrected chi connectivity index (χ3v) is 4.49. The number of rotatable bonds is 5. The summed E-state index contributed by atoms with van der Waals surface area (Å²) in [5, 5.41) is 7.32. The van der Waals surface area contributed by atoms with Crippen molar-refractivity contribution in [1.82, 2.24) is 10.5 Å². The van der Waals surface area contributed by atoms with E-state index >= 15 is 0 Å². The molecular formula is C19H15Cl2FN2O3. The van der Waals surface area contributed by atoms with Gasteiger partial charge in [-0.1, -0.05) is 40.5 Å². The number of hydrogen-bond donors (Lipinski definition) is 1. The Hall–Kier alpha value is -2.57. The normalized spacial score (nSPS) is 10.7. The van der Waals surface area contributed by atoms with Crippen LogP contribution >= 0.6 is 23.2 Å². The van der Waals surface area contributed by atoms with Crippen LogP contribution in [0.4, 0.5) is 4.39 Å². The lowest BCUT2D eigenvalue weighted by atomic mass is 10.1. The lowest BCUT2D eigenvalue weighted by Gasteiger charge is -2.09. The van der Waals surface area contributed by atoms with Crippen LogP contribution in [0.25, 0.3) is 11.3 Å². The summed E-state index contributed by atoms with van der Waals surface area (Å²) in [7, 11) is 1.46. The zero-order chi connectivity index (χ0) is 19.6. The van der Waals surface area contributed by atoms with E-state index in [9.17, 15) is 9.18 Å². The minimum Gasteiger partial charge on any atom is -0.494 e. The molecule has 0 bridgehead atoms. The summed E-state index contributed by atoms with van der Waals surface area (Å²) < 4.78 is 23.3. The van der Waals surface area contributed by atoms with Crippen molar-refractivity contribution in [3.8, 4) is 17.0 Å². The Morgan fingerprint density at radius 3 is 2.44 bits per heavy atom. The Kier molecular flexibility index (Phi) is 5.68. The van der Waals surface area contributed by atoms with Crippen molar-refractivity contribution in [2.24, 2.45) is 0 Å². The summed E-state index contributed by atoms with van der Waals surface area (Å²) in [4.78, 5) is 12.7. The highest BCUT2D eigenvalue weighted by Gasteiger charge is 2.23. The van der Waals surface area contributed by atoms with Gasteiger partial charge in [0.1, 0.15) is 22.8 Å². The molecule has 140 valence electrons. The van der Waals surface area contributed by atoms with Crippen molar-refractivity contribution in [2.75, 3.05) is 7.11 Å². The average Bonchev–Trinajstić information content (AvgIpc) is 3.02. The van der Waals surface area contributed by atoms with Gasteiger partial charge >= 0.3 is 0 Å². The summed E-state index contributed by atoms with van der Waals surface area (Å²) >= 11 is 12.4. The SMILES string of the molecule is COc1c(Cl)cc(-c2noc(C)c2C(=O)NCc2ccc(F)cc2)cc1Cl. The molecule has 1 amide bonds. The lowest BCUT2D eigenvalue weighted by molar-refractivity contribution is 0.0950. The van der Waals surface area contributed by atoms with Crippen molar-refractivity contribution in [2.45, 2.75) is 13.5 Å². The zero-order valence-electron chi connectivity index (χ0n) is 14.5. The number of benzene rings is 2. The highest BCUT2D eigenvalue weighted by molar-refractivity contribution is 6.37. The third kappa shape index (κ3) is 4.07. The van der Waals surface area contributed by atoms with Crippen molar-refractivity contribution < 1.29 is 18.4 Å². The van der Waals surface area contributed by atoms with E-state index in [0.29, 0.717) is 32.8 Å². The largest absolute Gasteiger partial charge is 0.494 e. The minimum atomic E-state index is -0.379. The van der Waals surface area contributed by atoms with Crippen LogP contribution in [0.2, 0.25) is 10.0 Å². The first-order chi connectivity index (χ1) is 12.9. The first-order valence-corrected chi connectivity index (χ1v) is 8.68. The van der Waals surface area contributed by atoms with Gasteiger partial charge in [0, 0.05) is 12.1 Å². The van der Waals surface area contributed by atoms with E-state index in [1.165, 1.54) is 19.2 Å². The molecule has 0 spiro atoms. The fourth-order valence-electron chi connectivity index (χ4n) is 2.60. The van der Waals surface area contributed by atoms with Gasteiger partial charge in [0.25, 0.3) is 5.91 Å². The van der Waals surface area contributed by atoms with E-state index in [1.807, 2.05) is 0 Å². The first-order valence-electron chi connectivity index (χ1n) is 7.93. The molecule has 2 aromatic carbocycles. The van der Waals surface area contributed by atoms with Gasteiger partial charge in [0.05, 0.1) is 17.2 Å². The van der Waals surface area contributed by atoms with E-state index in [-0.39, 0.29) is 23.8 Å². The zero-order valence-corrected chi connectivity index (χ0v) is 16.0. The number of nitrogens with one attached hydrogen (secondary N) is 1. The number of methoxy groups -OCH3 is 1. The van der Waals surface area contributed by atoms with Crippen LogP contribution < -0.4 is 10.1 Å². The van der Waals surface area contributed by atoms with Crippen molar-refractivity contribution in [3.63, 3.8) is 0 Å². The van der Waals surface area contributed by atoms with Crippen LogP contribution in [-0.2, 0) is 6.54 Å². The molecule has 0 unspecified atom stereocenters. The van der Waals surface area contributed by atoms with E-state index in [2.05, 4.69) is 10.5 Å². The fourth-order valence-corrected chi connectivity index (χ4v) is 3.24. The first kappa shape index (κ1) is 19.2. The van der Waals surface area contributed by atoms with Gasteiger partial charge in [0.15, 0.2) is 5.75 Å². The maximum atomic E-state index is 13.0. The smallest absolute Gasteiger partial charge is 0.257 e. The predicted molar refractivity (Wildman–Crippen MR) is 101 cm³/mol. The number of ether oxygens (including phenoxy) is 1. The molecule has 1 aromatic heterocycles. The van der Waals surface area contributed by atoms with Crippen LogP contribution in [-0.4, -0.2) is 18.2 Å². The summed E-state index contributed by atoms with van der Waals surface area (Å²) in [6.07, 6.45) is 0. The molecule has 1 N–H and O–H groups in total. The molecule has 8 heteroatoms. The topological polar surface area (TPSA) is 64.4 Å². The summed E-state index contributed by atoms with van der Waals surface area (Å²) in [6.45, 7) is 1.86. The van der Waals surface area contributed by atoms with E-state index < -0.39 is 0 Å². The second kappa shape index (κ2) is 7.98. The maximum Gasteiger partial charge on any atom is 0.257 e. The molecule has 0 fully saturated rings. The van der Waals surface area contributed by atoms with Crippen molar-refractivity contribution in [3.05, 3.63) is 69.1 Å². The number of amides is 1. The van der Waals surface area contributed by atoms with E-state index in [0.717, 1.165) is 5.56 Å². The molecule has 0 atom stereocenters. The van der Waals surface area contributed by atoms with Gasteiger partial charge in [-0.3, -0.25) is 4.79 Å². The molecule has 0 saturated heterocycles.